The molecule has 35 heavy (non-hydrogen) atoms. The molecule has 3 heterocycles. The van der Waals surface area contributed by atoms with Crippen molar-refractivity contribution < 1.29 is 22.3 Å². The molecule has 0 aliphatic carbocycles. The summed E-state index contributed by atoms with van der Waals surface area (Å²) in [6, 6.07) is 17.4. The van der Waals surface area contributed by atoms with Crippen LogP contribution in [0.2, 0.25) is 0 Å². The van der Waals surface area contributed by atoms with E-state index in [0.29, 0.717) is 11.3 Å². The number of imidazole rings is 1. The molecule has 1 aliphatic heterocycles. The van der Waals surface area contributed by atoms with Crippen molar-refractivity contribution in [3.63, 3.8) is 0 Å². The second kappa shape index (κ2) is 9.47. The SMILES string of the molecule is O=C(c1cccc(OCc2cn3ccccc3n2)c1)N1CCN(S(=O)(=O)c2ccc(F)cc2)CC1. The maximum Gasteiger partial charge on any atom is 0.254 e. The molecular weight excluding hydrogens is 471 g/mol. The van der Waals surface area contributed by atoms with Crippen LogP contribution in [0.4, 0.5) is 4.39 Å². The lowest BCUT2D eigenvalue weighted by Gasteiger charge is -2.34. The van der Waals surface area contributed by atoms with Crippen LogP contribution in [0.1, 0.15) is 16.1 Å². The number of benzene rings is 2. The van der Waals surface area contributed by atoms with Crippen LogP contribution >= 0.6 is 0 Å². The average Bonchev–Trinajstić information content (AvgIpc) is 3.31. The maximum atomic E-state index is 13.2. The number of hydrogen-bond donors (Lipinski definition) is 0. The van der Waals surface area contributed by atoms with Gasteiger partial charge in [0.25, 0.3) is 5.91 Å². The van der Waals surface area contributed by atoms with Gasteiger partial charge in [-0.3, -0.25) is 4.79 Å². The minimum atomic E-state index is -3.74. The van der Waals surface area contributed by atoms with Gasteiger partial charge in [0.05, 0.1) is 10.6 Å². The Balaban J connectivity index is 1.21. The number of rotatable bonds is 6. The minimum absolute atomic E-state index is 0.0362. The van der Waals surface area contributed by atoms with E-state index in [1.54, 1.807) is 29.2 Å². The molecule has 2 aromatic heterocycles. The Labute approximate surface area is 202 Å². The van der Waals surface area contributed by atoms with Crippen molar-refractivity contribution in [1.29, 1.82) is 0 Å². The molecule has 180 valence electrons. The zero-order valence-corrected chi connectivity index (χ0v) is 19.6. The van der Waals surface area contributed by atoms with E-state index in [1.807, 2.05) is 35.0 Å². The minimum Gasteiger partial charge on any atom is -0.487 e. The molecular formula is C25H23FN4O4S. The van der Waals surface area contributed by atoms with Crippen molar-refractivity contribution >= 4 is 21.6 Å². The highest BCUT2D eigenvalue weighted by Crippen LogP contribution is 2.21. The zero-order valence-electron chi connectivity index (χ0n) is 18.7. The van der Waals surface area contributed by atoms with E-state index >= 15 is 0 Å². The molecule has 2 aromatic carbocycles. The van der Waals surface area contributed by atoms with Gasteiger partial charge < -0.3 is 14.0 Å². The molecule has 0 saturated carbocycles. The number of hydrogen-bond acceptors (Lipinski definition) is 5. The number of aromatic nitrogens is 2. The summed E-state index contributed by atoms with van der Waals surface area (Å²) in [5, 5.41) is 0. The van der Waals surface area contributed by atoms with Crippen molar-refractivity contribution in [2.45, 2.75) is 11.5 Å². The molecule has 0 radical (unpaired) electrons. The summed E-state index contributed by atoms with van der Waals surface area (Å²) >= 11 is 0. The summed E-state index contributed by atoms with van der Waals surface area (Å²) in [6.07, 6.45) is 3.81. The fraction of sp³-hybridized carbons (Fsp3) is 0.200. The second-order valence-corrected chi connectivity index (χ2v) is 10.1. The number of carbonyl (C=O) groups excluding carboxylic acids is 1. The molecule has 0 spiro atoms. The summed E-state index contributed by atoms with van der Waals surface area (Å²) in [5.41, 5.74) is 2.06. The third-order valence-corrected chi connectivity index (χ3v) is 7.77. The second-order valence-electron chi connectivity index (χ2n) is 8.17. The first kappa shape index (κ1) is 23.0. The highest BCUT2D eigenvalue weighted by atomic mass is 32.2. The maximum absolute atomic E-state index is 13.2. The smallest absolute Gasteiger partial charge is 0.254 e. The summed E-state index contributed by atoms with van der Waals surface area (Å²) in [7, 11) is -3.74. The van der Waals surface area contributed by atoms with E-state index in [-0.39, 0.29) is 43.6 Å². The number of nitrogens with zero attached hydrogens (tertiary/aromatic N) is 4. The van der Waals surface area contributed by atoms with Crippen LogP contribution in [-0.2, 0) is 16.6 Å². The lowest BCUT2D eigenvalue weighted by Crippen LogP contribution is -2.50. The lowest BCUT2D eigenvalue weighted by atomic mass is 10.1. The number of ether oxygens (including phenoxy) is 1. The van der Waals surface area contributed by atoms with E-state index < -0.39 is 15.8 Å². The standard InChI is InChI=1S/C25H23FN4O4S/c26-20-7-9-23(10-8-20)35(32,33)30-14-12-28(13-15-30)25(31)19-4-3-5-22(16-19)34-18-21-17-29-11-2-1-6-24(29)27-21/h1-11,16-17H,12-15,18H2. The molecule has 8 nitrogen and oxygen atoms in total. The fourth-order valence-corrected chi connectivity index (χ4v) is 5.42. The van der Waals surface area contributed by atoms with Gasteiger partial charge in [0.1, 0.15) is 23.8 Å². The van der Waals surface area contributed by atoms with Gasteiger partial charge in [-0.05, 0) is 54.6 Å². The molecule has 1 fully saturated rings. The Hall–Kier alpha value is -3.76. The van der Waals surface area contributed by atoms with Crippen LogP contribution < -0.4 is 4.74 Å². The number of piperazine rings is 1. The van der Waals surface area contributed by atoms with Crippen molar-refractivity contribution in [2.75, 3.05) is 26.2 Å². The summed E-state index contributed by atoms with van der Waals surface area (Å²) in [4.78, 5) is 19.2. The van der Waals surface area contributed by atoms with Gasteiger partial charge in [0.15, 0.2) is 0 Å². The number of carbonyl (C=O) groups is 1. The molecule has 1 saturated heterocycles. The van der Waals surface area contributed by atoms with Crippen LogP contribution in [0.3, 0.4) is 0 Å². The molecule has 10 heteroatoms. The molecule has 0 N–H and O–H groups in total. The van der Waals surface area contributed by atoms with Crippen molar-refractivity contribution in [2.24, 2.45) is 0 Å². The molecule has 0 unspecified atom stereocenters. The van der Waals surface area contributed by atoms with E-state index in [0.717, 1.165) is 23.5 Å². The molecule has 0 atom stereocenters. The first-order valence-electron chi connectivity index (χ1n) is 11.1. The zero-order chi connectivity index (χ0) is 24.4. The fourth-order valence-electron chi connectivity index (χ4n) is 4.00. The van der Waals surface area contributed by atoms with E-state index in [9.17, 15) is 17.6 Å². The van der Waals surface area contributed by atoms with Crippen molar-refractivity contribution in [1.82, 2.24) is 18.6 Å². The quantitative estimate of drug-likeness (QED) is 0.411. The van der Waals surface area contributed by atoms with Crippen LogP contribution in [0, 0.1) is 5.82 Å². The molecule has 4 aromatic rings. The van der Waals surface area contributed by atoms with Gasteiger partial charge in [0.2, 0.25) is 10.0 Å². The first-order valence-corrected chi connectivity index (χ1v) is 12.5. The van der Waals surface area contributed by atoms with Crippen LogP contribution in [-0.4, -0.2) is 59.1 Å². The van der Waals surface area contributed by atoms with E-state index in [2.05, 4.69) is 4.98 Å². The Morgan fingerprint density at radius 3 is 2.49 bits per heavy atom. The lowest BCUT2D eigenvalue weighted by molar-refractivity contribution is 0.0697. The van der Waals surface area contributed by atoms with Crippen molar-refractivity contribution in [3.8, 4) is 5.75 Å². The van der Waals surface area contributed by atoms with E-state index in [1.165, 1.54) is 16.4 Å². The van der Waals surface area contributed by atoms with Gasteiger partial charge >= 0.3 is 0 Å². The normalized spacial score (nSPS) is 14.8. The van der Waals surface area contributed by atoms with Crippen molar-refractivity contribution in [3.05, 3.63) is 96.2 Å². The number of amides is 1. The number of pyridine rings is 1. The Morgan fingerprint density at radius 1 is 0.971 bits per heavy atom. The van der Waals surface area contributed by atoms with E-state index in [4.69, 9.17) is 4.74 Å². The number of fused-ring (bicyclic) bond motifs is 1. The monoisotopic (exact) mass is 494 g/mol. The van der Waals surface area contributed by atoms with Gasteiger partial charge in [0, 0.05) is 44.1 Å². The third-order valence-electron chi connectivity index (χ3n) is 5.86. The predicted octanol–water partition coefficient (Wildman–Crippen LogP) is 3.20. The predicted molar refractivity (Wildman–Crippen MR) is 127 cm³/mol. The molecule has 1 amide bonds. The van der Waals surface area contributed by atoms with Gasteiger partial charge in [-0.15, -0.1) is 0 Å². The Morgan fingerprint density at radius 2 is 1.74 bits per heavy atom. The molecule has 1 aliphatic rings. The largest absolute Gasteiger partial charge is 0.487 e. The highest BCUT2D eigenvalue weighted by molar-refractivity contribution is 7.89. The first-order chi connectivity index (χ1) is 16.9. The van der Waals surface area contributed by atoms with Gasteiger partial charge in [-0.2, -0.15) is 4.31 Å². The summed E-state index contributed by atoms with van der Waals surface area (Å²) in [5.74, 6) is -0.142. The topological polar surface area (TPSA) is 84.2 Å². The summed E-state index contributed by atoms with van der Waals surface area (Å²) < 4.78 is 47.9. The Bertz CT molecular complexity index is 1430. The van der Waals surface area contributed by atoms with Gasteiger partial charge in [-0.25, -0.2) is 17.8 Å². The molecule has 5 rings (SSSR count). The molecule has 0 bridgehead atoms. The average molecular weight is 495 g/mol. The van der Waals surface area contributed by atoms with Gasteiger partial charge in [-0.1, -0.05) is 12.1 Å². The summed E-state index contributed by atoms with van der Waals surface area (Å²) in [6.45, 7) is 1.10. The van der Waals surface area contributed by atoms with Crippen LogP contribution in [0.15, 0.2) is 84.0 Å². The van der Waals surface area contributed by atoms with Crippen LogP contribution in [0.5, 0.6) is 5.75 Å². The number of halogens is 1. The third kappa shape index (κ3) is 4.89. The number of sulfonamides is 1. The van der Waals surface area contributed by atoms with Crippen LogP contribution in [0.25, 0.3) is 5.65 Å². The Kier molecular flexibility index (Phi) is 6.23. The highest BCUT2D eigenvalue weighted by Gasteiger charge is 2.30.